The summed E-state index contributed by atoms with van der Waals surface area (Å²) in [6.45, 7) is 0.183. The van der Waals surface area contributed by atoms with Crippen molar-refractivity contribution in [2.45, 2.75) is 17.1 Å². The van der Waals surface area contributed by atoms with Crippen LogP contribution >= 0.6 is 11.8 Å². The molecule has 2 aromatic carbocycles. The van der Waals surface area contributed by atoms with E-state index < -0.39 is 11.7 Å². The summed E-state index contributed by atoms with van der Waals surface area (Å²) in [5.74, 6) is -2.40. The Kier molecular flexibility index (Phi) is 7.21. The molecule has 1 unspecified atom stereocenters. The number of carbonyl (C=O) groups is 2. The first kappa shape index (κ1) is 22.7. The monoisotopic (exact) mass is 452 g/mol. The van der Waals surface area contributed by atoms with Crippen LogP contribution < -0.4 is 24.4 Å². The highest BCUT2D eigenvalue weighted by molar-refractivity contribution is 7.99. The quantitative estimate of drug-likeness (QED) is 0.610. The van der Waals surface area contributed by atoms with Crippen molar-refractivity contribution in [2.24, 2.45) is 5.92 Å². The summed E-state index contributed by atoms with van der Waals surface area (Å²) in [7, 11) is 4.45. The zero-order chi connectivity index (χ0) is 22.5. The Balaban J connectivity index is 1.72. The van der Waals surface area contributed by atoms with Gasteiger partial charge in [-0.1, -0.05) is 11.8 Å². The second kappa shape index (κ2) is 9.86. The highest BCUT2D eigenvalue weighted by Gasteiger charge is 2.36. The Hall–Kier alpha value is -3.01. The molecule has 7 nitrogen and oxygen atoms in total. The smallest absolute Gasteiger partial charge is 0.288 e. The zero-order valence-electron chi connectivity index (χ0n) is 17.2. The summed E-state index contributed by atoms with van der Waals surface area (Å²) < 4.78 is 40.8. The predicted octanol–water partition coefficient (Wildman–Crippen LogP) is 4.02. The van der Waals surface area contributed by atoms with E-state index in [1.807, 2.05) is 0 Å². The lowest BCUT2D eigenvalue weighted by atomic mass is 10.1. The van der Waals surface area contributed by atoms with Crippen molar-refractivity contribution in [3.63, 3.8) is 0 Å². The molecule has 1 aliphatic rings. The molecule has 31 heavy (non-hydrogen) atoms. The van der Waals surface area contributed by atoms with Gasteiger partial charge >= 0.3 is 0 Å². The van der Waals surface area contributed by atoms with E-state index in [0.29, 0.717) is 45.3 Å². The number of anilines is 2. The first-order chi connectivity index (χ1) is 14.9. The molecule has 3 rings (SSSR count). The standard InChI is InChI=1S/C21H22F2N2O5S/c1-28-16-9-14(10-17(29-2)19(16)30-3)25-11-12(8-18(25)26)20(27)24-13-4-6-15(7-5-13)31-21(22)23/h4-7,9-10,12,21H,8,11H2,1-3H3,(H,24,27). The topological polar surface area (TPSA) is 77.1 Å². The fourth-order valence-electron chi connectivity index (χ4n) is 3.32. The Labute approximate surface area is 182 Å². The van der Waals surface area contributed by atoms with Gasteiger partial charge in [-0.2, -0.15) is 8.78 Å². The van der Waals surface area contributed by atoms with Crippen molar-refractivity contribution in [2.75, 3.05) is 38.1 Å². The first-order valence-electron chi connectivity index (χ1n) is 9.32. The lowest BCUT2D eigenvalue weighted by Crippen LogP contribution is -2.28. The minimum Gasteiger partial charge on any atom is -0.493 e. The van der Waals surface area contributed by atoms with Crippen LogP contribution in [0, 0.1) is 5.92 Å². The molecule has 10 heteroatoms. The van der Waals surface area contributed by atoms with Crippen LogP contribution in [0.15, 0.2) is 41.3 Å². The number of hydrogen-bond donors (Lipinski definition) is 1. The lowest BCUT2D eigenvalue weighted by molar-refractivity contribution is -0.122. The van der Waals surface area contributed by atoms with Crippen LogP contribution in [0.2, 0.25) is 0 Å². The van der Waals surface area contributed by atoms with Crippen LogP contribution in [0.4, 0.5) is 20.2 Å². The number of benzene rings is 2. The molecule has 2 amide bonds. The van der Waals surface area contributed by atoms with Gasteiger partial charge in [0.2, 0.25) is 17.6 Å². The van der Waals surface area contributed by atoms with Crippen molar-refractivity contribution >= 4 is 35.0 Å². The fourth-order valence-corrected chi connectivity index (χ4v) is 3.82. The van der Waals surface area contributed by atoms with Crippen LogP contribution in [0.25, 0.3) is 0 Å². The molecular formula is C21H22F2N2O5S. The highest BCUT2D eigenvalue weighted by atomic mass is 32.2. The molecular weight excluding hydrogens is 430 g/mol. The molecule has 0 bridgehead atoms. The molecule has 1 saturated heterocycles. The van der Waals surface area contributed by atoms with E-state index in [1.165, 1.54) is 38.4 Å². The van der Waals surface area contributed by atoms with Crippen LogP contribution in [0.5, 0.6) is 17.2 Å². The molecule has 1 fully saturated rings. The maximum absolute atomic E-state index is 12.7. The molecule has 1 heterocycles. The van der Waals surface area contributed by atoms with E-state index in [4.69, 9.17) is 14.2 Å². The molecule has 0 aliphatic carbocycles. The maximum Gasteiger partial charge on any atom is 0.288 e. The van der Waals surface area contributed by atoms with Gasteiger partial charge < -0.3 is 24.4 Å². The molecule has 0 saturated carbocycles. The number of hydrogen-bond acceptors (Lipinski definition) is 6. The van der Waals surface area contributed by atoms with Gasteiger partial charge in [-0.15, -0.1) is 0 Å². The van der Waals surface area contributed by atoms with Gasteiger partial charge in [-0.3, -0.25) is 9.59 Å². The molecule has 1 atom stereocenters. The molecule has 166 valence electrons. The van der Waals surface area contributed by atoms with Gasteiger partial charge in [0.25, 0.3) is 5.76 Å². The Morgan fingerprint density at radius 3 is 2.23 bits per heavy atom. The number of thioether (sulfide) groups is 1. The van der Waals surface area contributed by atoms with Crippen LogP contribution in [0.1, 0.15) is 6.42 Å². The van der Waals surface area contributed by atoms with E-state index in [0.717, 1.165) is 0 Å². The summed E-state index contributed by atoms with van der Waals surface area (Å²) in [4.78, 5) is 27.2. The van der Waals surface area contributed by atoms with Crippen molar-refractivity contribution in [1.82, 2.24) is 0 Å². The second-order valence-corrected chi connectivity index (χ2v) is 7.74. The van der Waals surface area contributed by atoms with Gasteiger partial charge in [-0.05, 0) is 24.3 Å². The highest BCUT2D eigenvalue weighted by Crippen LogP contribution is 2.42. The molecule has 1 aliphatic heterocycles. The molecule has 0 spiro atoms. The van der Waals surface area contributed by atoms with Crippen molar-refractivity contribution in [3.05, 3.63) is 36.4 Å². The molecule has 1 N–H and O–H groups in total. The Morgan fingerprint density at radius 1 is 1.10 bits per heavy atom. The SMILES string of the molecule is COc1cc(N2CC(C(=O)Nc3ccc(SC(F)F)cc3)CC2=O)cc(OC)c1OC. The number of halogens is 2. The summed E-state index contributed by atoms with van der Waals surface area (Å²) in [5.41, 5.74) is 1.01. The third-order valence-corrected chi connectivity index (χ3v) is 5.53. The first-order valence-corrected chi connectivity index (χ1v) is 10.2. The summed E-state index contributed by atoms with van der Waals surface area (Å²) in [6, 6.07) is 9.42. The third-order valence-electron chi connectivity index (χ3n) is 4.80. The number of nitrogens with zero attached hydrogens (tertiary/aromatic N) is 1. The van der Waals surface area contributed by atoms with Gasteiger partial charge in [-0.25, -0.2) is 0 Å². The minimum absolute atomic E-state index is 0.0435. The maximum atomic E-state index is 12.7. The van der Waals surface area contributed by atoms with Crippen molar-refractivity contribution < 1.29 is 32.6 Å². The molecule has 2 aromatic rings. The average molecular weight is 452 g/mol. The summed E-state index contributed by atoms with van der Waals surface area (Å²) in [5, 5.41) is 2.74. The molecule has 0 radical (unpaired) electrons. The normalized spacial score (nSPS) is 15.9. The van der Waals surface area contributed by atoms with Gasteiger partial charge in [0.1, 0.15) is 0 Å². The number of methoxy groups -OCH3 is 3. The summed E-state index contributed by atoms with van der Waals surface area (Å²) >= 11 is 0.431. The van der Waals surface area contributed by atoms with Gasteiger partial charge in [0.05, 0.1) is 32.9 Å². The van der Waals surface area contributed by atoms with Crippen LogP contribution in [-0.2, 0) is 9.59 Å². The summed E-state index contributed by atoms with van der Waals surface area (Å²) in [6.07, 6.45) is 0.0435. The minimum atomic E-state index is -2.51. The Bertz CT molecular complexity index is 930. The van der Waals surface area contributed by atoms with E-state index in [2.05, 4.69) is 5.32 Å². The fraction of sp³-hybridized carbons (Fsp3) is 0.333. The van der Waals surface area contributed by atoms with Crippen LogP contribution in [0.3, 0.4) is 0 Å². The number of rotatable bonds is 8. The number of nitrogens with one attached hydrogen (secondary N) is 1. The number of amides is 2. The predicted molar refractivity (Wildman–Crippen MR) is 113 cm³/mol. The van der Waals surface area contributed by atoms with E-state index in [-0.39, 0.29) is 24.8 Å². The number of ether oxygens (including phenoxy) is 3. The number of alkyl halides is 2. The third kappa shape index (κ3) is 5.19. The lowest BCUT2D eigenvalue weighted by Gasteiger charge is -2.20. The van der Waals surface area contributed by atoms with E-state index in [9.17, 15) is 18.4 Å². The zero-order valence-corrected chi connectivity index (χ0v) is 18.0. The second-order valence-electron chi connectivity index (χ2n) is 6.68. The van der Waals surface area contributed by atoms with E-state index >= 15 is 0 Å². The average Bonchev–Trinajstić information content (AvgIpc) is 3.15. The largest absolute Gasteiger partial charge is 0.493 e. The number of carbonyl (C=O) groups excluding carboxylic acids is 2. The van der Waals surface area contributed by atoms with Crippen LogP contribution in [-0.4, -0.2) is 45.4 Å². The Morgan fingerprint density at radius 2 is 1.71 bits per heavy atom. The van der Waals surface area contributed by atoms with Gasteiger partial charge in [0, 0.05) is 35.7 Å². The van der Waals surface area contributed by atoms with Crippen molar-refractivity contribution in [3.8, 4) is 17.2 Å². The molecule has 0 aromatic heterocycles. The van der Waals surface area contributed by atoms with E-state index in [1.54, 1.807) is 24.3 Å². The van der Waals surface area contributed by atoms with Gasteiger partial charge in [0.15, 0.2) is 11.5 Å². The van der Waals surface area contributed by atoms with Crippen molar-refractivity contribution in [1.29, 1.82) is 0 Å².